The Hall–Kier alpha value is -1.66. The molecule has 1 saturated heterocycles. The van der Waals surface area contributed by atoms with Crippen molar-refractivity contribution < 1.29 is 10.0 Å². The lowest BCUT2D eigenvalue weighted by molar-refractivity contribution is -0.384. The van der Waals surface area contributed by atoms with Gasteiger partial charge in [0.15, 0.2) is 0 Å². The Morgan fingerprint density at radius 1 is 1.26 bits per heavy atom. The number of anilines is 1. The maximum atomic E-state index is 10.6. The molecule has 2 rings (SSSR count). The number of nitro benzene ring substituents is 1. The molecule has 0 bridgehead atoms. The third-order valence-corrected chi connectivity index (χ3v) is 3.32. The summed E-state index contributed by atoms with van der Waals surface area (Å²) in [6.07, 6.45) is -0.300. The highest BCUT2D eigenvalue weighted by Crippen LogP contribution is 2.20. The van der Waals surface area contributed by atoms with E-state index in [0.29, 0.717) is 6.54 Å². The smallest absolute Gasteiger partial charge is 0.269 e. The number of nitro groups is 1. The second kappa shape index (κ2) is 5.99. The van der Waals surface area contributed by atoms with Crippen LogP contribution in [0.25, 0.3) is 0 Å². The van der Waals surface area contributed by atoms with Crippen molar-refractivity contribution in [1.29, 1.82) is 0 Å². The standard InChI is InChI=1S/C13H19N3O3/c1-11(17)10-14-6-8-15(9-7-14)12-2-4-13(5-3-12)16(18)19/h2-5,11,17H,6-10H2,1H3. The molecule has 1 aromatic rings. The number of hydrogen-bond acceptors (Lipinski definition) is 5. The molecule has 1 aliphatic heterocycles. The lowest BCUT2D eigenvalue weighted by Crippen LogP contribution is -2.48. The van der Waals surface area contributed by atoms with E-state index in [9.17, 15) is 15.2 Å². The third kappa shape index (κ3) is 3.65. The number of rotatable bonds is 4. The predicted molar refractivity (Wildman–Crippen MR) is 73.4 cm³/mol. The summed E-state index contributed by atoms with van der Waals surface area (Å²) in [4.78, 5) is 14.7. The second-order valence-electron chi connectivity index (χ2n) is 4.91. The van der Waals surface area contributed by atoms with E-state index in [1.165, 1.54) is 12.1 Å². The summed E-state index contributed by atoms with van der Waals surface area (Å²) >= 11 is 0. The molecule has 1 fully saturated rings. The van der Waals surface area contributed by atoms with E-state index in [-0.39, 0.29) is 16.7 Å². The first-order valence-electron chi connectivity index (χ1n) is 6.46. The van der Waals surface area contributed by atoms with E-state index in [0.717, 1.165) is 31.9 Å². The van der Waals surface area contributed by atoms with Crippen LogP contribution in [0.4, 0.5) is 11.4 Å². The van der Waals surface area contributed by atoms with E-state index in [1.54, 1.807) is 19.1 Å². The number of nitrogens with zero attached hydrogens (tertiary/aromatic N) is 3. The van der Waals surface area contributed by atoms with Gasteiger partial charge in [-0.3, -0.25) is 15.0 Å². The highest BCUT2D eigenvalue weighted by Gasteiger charge is 2.18. The minimum absolute atomic E-state index is 0.122. The Morgan fingerprint density at radius 2 is 1.84 bits per heavy atom. The maximum Gasteiger partial charge on any atom is 0.269 e. The van der Waals surface area contributed by atoms with Crippen LogP contribution in [0.15, 0.2) is 24.3 Å². The number of hydrogen-bond donors (Lipinski definition) is 1. The van der Waals surface area contributed by atoms with Crippen molar-refractivity contribution in [2.45, 2.75) is 13.0 Å². The van der Waals surface area contributed by atoms with Crippen LogP contribution in [0.3, 0.4) is 0 Å². The van der Waals surface area contributed by atoms with E-state index in [2.05, 4.69) is 9.80 Å². The van der Waals surface area contributed by atoms with Crippen LogP contribution in [-0.4, -0.2) is 53.8 Å². The zero-order valence-electron chi connectivity index (χ0n) is 11.0. The molecule has 0 amide bonds. The predicted octanol–water partition coefficient (Wildman–Crippen LogP) is 1.10. The van der Waals surface area contributed by atoms with Crippen LogP contribution >= 0.6 is 0 Å². The number of non-ortho nitro benzene ring substituents is 1. The molecular weight excluding hydrogens is 246 g/mol. The molecule has 1 heterocycles. The molecule has 1 aliphatic rings. The molecule has 0 spiro atoms. The van der Waals surface area contributed by atoms with Crippen molar-refractivity contribution in [2.24, 2.45) is 0 Å². The van der Waals surface area contributed by atoms with Gasteiger partial charge in [0.2, 0.25) is 0 Å². The summed E-state index contributed by atoms with van der Waals surface area (Å²) in [5, 5.41) is 19.9. The molecule has 1 N–H and O–H groups in total. The van der Waals surface area contributed by atoms with Gasteiger partial charge in [-0.15, -0.1) is 0 Å². The summed E-state index contributed by atoms with van der Waals surface area (Å²) in [7, 11) is 0. The van der Waals surface area contributed by atoms with Gasteiger partial charge < -0.3 is 10.0 Å². The van der Waals surface area contributed by atoms with Crippen LogP contribution in [0.5, 0.6) is 0 Å². The first kappa shape index (κ1) is 13.8. The van der Waals surface area contributed by atoms with Crippen molar-refractivity contribution in [2.75, 3.05) is 37.6 Å². The monoisotopic (exact) mass is 265 g/mol. The average molecular weight is 265 g/mol. The van der Waals surface area contributed by atoms with Crippen molar-refractivity contribution in [1.82, 2.24) is 4.90 Å². The molecular formula is C13H19N3O3. The zero-order valence-corrected chi connectivity index (χ0v) is 11.0. The van der Waals surface area contributed by atoms with Gasteiger partial charge in [-0.1, -0.05) is 0 Å². The minimum Gasteiger partial charge on any atom is -0.392 e. The average Bonchev–Trinajstić information content (AvgIpc) is 2.39. The lowest BCUT2D eigenvalue weighted by Gasteiger charge is -2.36. The minimum atomic E-state index is -0.385. The van der Waals surface area contributed by atoms with Gasteiger partial charge in [0.05, 0.1) is 11.0 Å². The number of benzene rings is 1. The molecule has 0 radical (unpaired) electrons. The Morgan fingerprint density at radius 3 is 2.32 bits per heavy atom. The molecule has 0 aliphatic carbocycles. The molecule has 1 aromatic carbocycles. The Balaban J connectivity index is 1.92. The van der Waals surface area contributed by atoms with Crippen molar-refractivity contribution in [3.8, 4) is 0 Å². The van der Waals surface area contributed by atoms with Gasteiger partial charge in [0.1, 0.15) is 0 Å². The van der Waals surface area contributed by atoms with Crippen molar-refractivity contribution >= 4 is 11.4 Å². The second-order valence-corrected chi connectivity index (χ2v) is 4.91. The highest BCUT2D eigenvalue weighted by molar-refractivity contribution is 5.51. The Bertz CT molecular complexity index is 425. The largest absolute Gasteiger partial charge is 0.392 e. The highest BCUT2D eigenvalue weighted by atomic mass is 16.6. The lowest BCUT2D eigenvalue weighted by atomic mass is 10.2. The summed E-state index contributed by atoms with van der Waals surface area (Å²) in [6, 6.07) is 6.67. The van der Waals surface area contributed by atoms with Crippen molar-refractivity contribution in [3.05, 3.63) is 34.4 Å². The fourth-order valence-corrected chi connectivity index (χ4v) is 2.35. The third-order valence-electron chi connectivity index (χ3n) is 3.32. The van der Waals surface area contributed by atoms with Crippen LogP contribution < -0.4 is 4.90 Å². The van der Waals surface area contributed by atoms with Crippen LogP contribution in [-0.2, 0) is 0 Å². The summed E-state index contributed by atoms with van der Waals surface area (Å²) < 4.78 is 0. The maximum absolute atomic E-state index is 10.6. The molecule has 19 heavy (non-hydrogen) atoms. The van der Waals surface area contributed by atoms with Gasteiger partial charge in [-0.25, -0.2) is 0 Å². The summed E-state index contributed by atoms with van der Waals surface area (Å²) in [5.41, 5.74) is 1.14. The number of aliphatic hydroxyl groups is 1. The topological polar surface area (TPSA) is 69.8 Å². The van der Waals surface area contributed by atoms with Gasteiger partial charge in [-0.05, 0) is 19.1 Å². The van der Waals surface area contributed by atoms with Crippen molar-refractivity contribution in [3.63, 3.8) is 0 Å². The molecule has 6 nitrogen and oxygen atoms in total. The number of β-amino-alcohol motifs (C(OH)–C–C–N with tert-alkyl or cyclic N) is 1. The first-order chi connectivity index (χ1) is 9.06. The quantitative estimate of drug-likeness (QED) is 0.652. The Kier molecular flexibility index (Phi) is 4.34. The molecule has 104 valence electrons. The number of aliphatic hydroxyl groups excluding tert-OH is 1. The van der Waals surface area contributed by atoms with E-state index < -0.39 is 0 Å². The first-order valence-corrected chi connectivity index (χ1v) is 6.46. The van der Waals surface area contributed by atoms with Crippen LogP contribution in [0.1, 0.15) is 6.92 Å². The van der Waals surface area contributed by atoms with Crippen LogP contribution in [0.2, 0.25) is 0 Å². The summed E-state index contributed by atoms with van der Waals surface area (Å²) in [5.74, 6) is 0. The fraction of sp³-hybridized carbons (Fsp3) is 0.538. The summed E-state index contributed by atoms with van der Waals surface area (Å²) in [6.45, 7) is 6.07. The normalized spacial score (nSPS) is 18.3. The van der Waals surface area contributed by atoms with E-state index in [4.69, 9.17) is 0 Å². The van der Waals surface area contributed by atoms with Gasteiger partial charge >= 0.3 is 0 Å². The van der Waals surface area contributed by atoms with Gasteiger partial charge in [0.25, 0.3) is 5.69 Å². The zero-order chi connectivity index (χ0) is 13.8. The van der Waals surface area contributed by atoms with Crippen LogP contribution in [0, 0.1) is 10.1 Å². The van der Waals surface area contributed by atoms with Gasteiger partial charge in [0, 0.05) is 50.5 Å². The Labute approximate surface area is 112 Å². The molecule has 0 saturated carbocycles. The molecule has 6 heteroatoms. The SMILES string of the molecule is CC(O)CN1CCN(c2ccc([N+](=O)[O-])cc2)CC1. The fourth-order valence-electron chi connectivity index (χ4n) is 2.35. The molecule has 0 aromatic heterocycles. The molecule has 1 atom stereocenters. The van der Waals surface area contributed by atoms with Gasteiger partial charge in [-0.2, -0.15) is 0 Å². The van der Waals surface area contributed by atoms with E-state index in [1.807, 2.05) is 0 Å². The molecule has 1 unspecified atom stereocenters. The van der Waals surface area contributed by atoms with E-state index >= 15 is 0 Å². The number of piperazine rings is 1.